The van der Waals surface area contributed by atoms with Crippen molar-refractivity contribution in [3.8, 4) is 0 Å². The zero-order chi connectivity index (χ0) is 14.7. The van der Waals surface area contributed by atoms with Crippen molar-refractivity contribution in [3.05, 3.63) is 12.2 Å². The highest BCUT2D eigenvalue weighted by Gasteiger charge is 2.38. The van der Waals surface area contributed by atoms with Gasteiger partial charge in [0.2, 0.25) is 0 Å². The van der Waals surface area contributed by atoms with E-state index in [2.05, 4.69) is 39.6 Å². The van der Waals surface area contributed by atoms with Crippen LogP contribution >= 0.6 is 24.0 Å². The van der Waals surface area contributed by atoms with Crippen molar-refractivity contribution in [2.45, 2.75) is 51.1 Å². The molecule has 4 nitrogen and oxygen atoms in total. The third kappa shape index (κ3) is 4.85. The summed E-state index contributed by atoms with van der Waals surface area (Å²) in [6.45, 7) is 5.82. The SMILES string of the molecule is CN=C(NCC1CC=CCC1)NC1CN(C2CC2)CC1C.I. The summed E-state index contributed by atoms with van der Waals surface area (Å²) in [5.41, 5.74) is 0. The standard InChI is InChI=1S/C17H30N4.HI/c1-13-11-21(15-8-9-15)12-16(13)20-17(18-2)19-10-14-6-4-3-5-7-14;/h3-4,13-16H,5-12H2,1-2H3,(H2,18,19,20);1H. The zero-order valence-corrected chi connectivity index (χ0v) is 16.3. The van der Waals surface area contributed by atoms with Gasteiger partial charge in [-0.3, -0.25) is 9.89 Å². The van der Waals surface area contributed by atoms with Crippen LogP contribution in [0.4, 0.5) is 0 Å². The van der Waals surface area contributed by atoms with Crippen molar-refractivity contribution in [2.24, 2.45) is 16.8 Å². The van der Waals surface area contributed by atoms with E-state index in [0.717, 1.165) is 24.5 Å². The van der Waals surface area contributed by atoms with Gasteiger partial charge in [0.15, 0.2) is 5.96 Å². The quantitative estimate of drug-likeness (QED) is 0.319. The number of nitrogens with zero attached hydrogens (tertiary/aromatic N) is 2. The highest BCUT2D eigenvalue weighted by atomic mass is 127. The van der Waals surface area contributed by atoms with Crippen molar-refractivity contribution >= 4 is 29.9 Å². The maximum Gasteiger partial charge on any atom is 0.191 e. The van der Waals surface area contributed by atoms with Crippen LogP contribution in [-0.4, -0.2) is 49.6 Å². The predicted octanol–water partition coefficient (Wildman–Crippen LogP) is 2.61. The van der Waals surface area contributed by atoms with Crippen LogP contribution in [0.15, 0.2) is 17.1 Å². The van der Waals surface area contributed by atoms with Gasteiger partial charge in [0.25, 0.3) is 0 Å². The summed E-state index contributed by atoms with van der Waals surface area (Å²) in [4.78, 5) is 7.07. The van der Waals surface area contributed by atoms with E-state index in [-0.39, 0.29) is 24.0 Å². The van der Waals surface area contributed by atoms with Gasteiger partial charge >= 0.3 is 0 Å². The molecule has 22 heavy (non-hydrogen) atoms. The first-order chi connectivity index (χ1) is 10.3. The van der Waals surface area contributed by atoms with Crippen LogP contribution in [0.5, 0.6) is 0 Å². The van der Waals surface area contributed by atoms with E-state index >= 15 is 0 Å². The second-order valence-corrected chi connectivity index (χ2v) is 7.02. The molecule has 126 valence electrons. The zero-order valence-electron chi connectivity index (χ0n) is 13.9. The van der Waals surface area contributed by atoms with Gasteiger partial charge in [-0.05, 0) is 43.9 Å². The summed E-state index contributed by atoms with van der Waals surface area (Å²) in [6.07, 6.45) is 11.2. The highest BCUT2D eigenvalue weighted by molar-refractivity contribution is 14.0. The topological polar surface area (TPSA) is 39.7 Å². The van der Waals surface area contributed by atoms with Gasteiger partial charge in [-0.2, -0.15) is 0 Å². The Hall–Kier alpha value is -0.300. The summed E-state index contributed by atoms with van der Waals surface area (Å²) in [6, 6.07) is 1.42. The molecule has 3 aliphatic rings. The van der Waals surface area contributed by atoms with E-state index in [9.17, 15) is 0 Å². The van der Waals surface area contributed by atoms with Crippen LogP contribution in [0.25, 0.3) is 0 Å². The first-order valence-corrected chi connectivity index (χ1v) is 8.62. The van der Waals surface area contributed by atoms with Gasteiger partial charge in [-0.15, -0.1) is 24.0 Å². The number of nitrogens with one attached hydrogen (secondary N) is 2. The Bertz CT molecular complexity index is 405. The number of halogens is 1. The Labute approximate surface area is 152 Å². The lowest BCUT2D eigenvalue weighted by Crippen LogP contribution is -2.47. The number of likely N-dealkylation sites (tertiary alicyclic amines) is 1. The molecule has 0 bridgehead atoms. The number of hydrogen-bond donors (Lipinski definition) is 2. The van der Waals surface area contributed by atoms with E-state index < -0.39 is 0 Å². The Morgan fingerprint density at radius 1 is 1.23 bits per heavy atom. The normalized spacial score (nSPS) is 32.6. The van der Waals surface area contributed by atoms with Gasteiger partial charge in [-0.1, -0.05) is 19.1 Å². The fourth-order valence-electron chi connectivity index (χ4n) is 3.58. The summed E-state index contributed by atoms with van der Waals surface area (Å²) >= 11 is 0. The Morgan fingerprint density at radius 3 is 2.68 bits per heavy atom. The van der Waals surface area contributed by atoms with Gasteiger partial charge in [0.1, 0.15) is 0 Å². The molecule has 1 heterocycles. The molecule has 0 aromatic rings. The summed E-state index contributed by atoms with van der Waals surface area (Å²) in [5, 5.41) is 7.18. The van der Waals surface area contributed by atoms with Crippen LogP contribution in [0.1, 0.15) is 39.0 Å². The molecule has 3 atom stereocenters. The van der Waals surface area contributed by atoms with Crippen LogP contribution in [0, 0.1) is 11.8 Å². The third-order valence-electron chi connectivity index (χ3n) is 5.19. The fourth-order valence-corrected chi connectivity index (χ4v) is 3.58. The highest BCUT2D eigenvalue weighted by Crippen LogP contribution is 2.31. The van der Waals surface area contributed by atoms with Crippen LogP contribution in [0.3, 0.4) is 0 Å². The number of allylic oxidation sites excluding steroid dienone is 2. The average molecular weight is 418 g/mol. The molecule has 0 radical (unpaired) electrons. The summed E-state index contributed by atoms with van der Waals surface area (Å²) in [5.74, 6) is 2.46. The minimum absolute atomic E-state index is 0. The first-order valence-electron chi connectivity index (χ1n) is 8.62. The Morgan fingerprint density at radius 2 is 2.05 bits per heavy atom. The smallest absolute Gasteiger partial charge is 0.191 e. The minimum Gasteiger partial charge on any atom is -0.356 e. The maximum absolute atomic E-state index is 4.41. The largest absolute Gasteiger partial charge is 0.356 e. The van der Waals surface area contributed by atoms with Crippen LogP contribution in [-0.2, 0) is 0 Å². The van der Waals surface area contributed by atoms with E-state index in [1.54, 1.807) is 0 Å². The minimum atomic E-state index is 0. The molecule has 0 spiro atoms. The van der Waals surface area contributed by atoms with E-state index in [1.165, 1.54) is 45.2 Å². The maximum atomic E-state index is 4.41. The molecular formula is C17H31IN4. The molecule has 2 N–H and O–H groups in total. The lowest BCUT2D eigenvalue weighted by atomic mass is 9.94. The lowest BCUT2D eigenvalue weighted by molar-refractivity contribution is 0.315. The van der Waals surface area contributed by atoms with Crippen molar-refractivity contribution in [1.82, 2.24) is 15.5 Å². The fraction of sp³-hybridized carbons (Fsp3) is 0.824. The van der Waals surface area contributed by atoms with Crippen molar-refractivity contribution < 1.29 is 0 Å². The molecule has 5 heteroatoms. The lowest BCUT2D eigenvalue weighted by Gasteiger charge is -2.23. The number of rotatable bonds is 4. The van der Waals surface area contributed by atoms with Gasteiger partial charge in [-0.25, -0.2) is 0 Å². The average Bonchev–Trinajstić information content (AvgIpc) is 3.29. The number of hydrogen-bond acceptors (Lipinski definition) is 2. The second kappa shape index (κ2) is 8.52. The van der Waals surface area contributed by atoms with E-state index in [0.29, 0.717) is 12.0 Å². The number of aliphatic imine (C=N–C) groups is 1. The molecule has 2 fully saturated rings. The monoisotopic (exact) mass is 418 g/mol. The first kappa shape index (κ1) is 18.0. The molecule has 3 rings (SSSR count). The molecule has 1 saturated heterocycles. The van der Waals surface area contributed by atoms with Gasteiger partial charge in [0.05, 0.1) is 0 Å². The van der Waals surface area contributed by atoms with Crippen LogP contribution < -0.4 is 10.6 Å². The molecule has 1 aliphatic heterocycles. The predicted molar refractivity (Wildman–Crippen MR) is 104 cm³/mol. The Balaban J connectivity index is 0.00000176. The molecule has 2 aliphatic carbocycles. The molecule has 0 aromatic carbocycles. The number of guanidine groups is 1. The Kier molecular flexibility index (Phi) is 6.99. The molecule has 1 saturated carbocycles. The van der Waals surface area contributed by atoms with Crippen molar-refractivity contribution in [3.63, 3.8) is 0 Å². The van der Waals surface area contributed by atoms with E-state index in [1.807, 2.05) is 7.05 Å². The summed E-state index contributed by atoms with van der Waals surface area (Å²) in [7, 11) is 1.88. The van der Waals surface area contributed by atoms with Crippen LogP contribution in [0.2, 0.25) is 0 Å². The third-order valence-corrected chi connectivity index (χ3v) is 5.19. The molecule has 3 unspecified atom stereocenters. The second-order valence-electron chi connectivity index (χ2n) is 7.02. The molecule has 0 aromatic heterocycles. The van der Waals surface area contributed by atoms with Gasteiger partial charge < -0.3 is 10.6 Å². The van der Waals surface area contributed by atoms with Gasteiger partial charge in [0, 0.05) is 38.8 Å². The summed E-state index contributed by atoms with van der Waals surface area (Å²) < 4.78 is 0. The molecule has 0 amide bonds. The van der Waals surface area contributed by atoms with E-state index in [4.69, 9.17) is 0 Å². The van der Waals surface area contributed by atoms with Crippen molar-refractivity contribution in [2.75, 3.05) is 26.7 Å². The molecular weight excluding hydrogens is 387 g/mol. The van der Waals surface area contributed by atoms with Crippen molar-refractivity contribution in [1.29, 1.82) is 0 Å².